The monoisotopic (exact) mass is 536 g/mol. The van der Waals surface area contributed by atoms with Crippen LogP contribution < -0.4 is 10.1 Å². The molecule has 0 bridgehead atoms. The number of ether oxygens (including phenoxy) is 1. The summed E-state index contributed by atoms with van der Waals surface area (Å²) < 4.78 is 7.80. The molecule has 1 aliphatic carbocycles. The van der Waals surface area contributed by atoms with Gasteiger partial charge < -0.3 is 10.1 Å². The second-order valence-electron chi connectivity index (χ2n) is 9.60. The highest BCUT2D eigenvalue weighted by Gasteiger charge is 2.20. The number of amides is 1. The van der Waals surface area contributed by atoms with E-state index in [9.17, 15) is 10.1 Å². The van der Waals surface area contributed by atoms with Crippen LogP contribution in [0.15, 0.2) is 90.6 Å². The number of hydrogen-bond donors (Lipinski definition) is 1. The fraction of sp³-hybridized carbons (Fsp3) is 0.219. The highest BCUT2D eigenvalue weighted by Crippen LogP contribution is 2.29. The van der Waals surface area contributed by atoms with Crippen molar-refractivity contribution in [1.29, 1.82) is 5.26 Å². The predicted octanol–water partition coefficient (Wildman–Crippen LogP) is 7.13. The van der Waals surface area contributed by atoms with Crippen molar-refractivity contribution in [2.24, 2.45) is 0 Å². The summed E-state index contributed by atoms with van der Waals surface area (Å²) in [6, 6.07) is 27.1. The zero-order valence-electron chi connectivity index (χ0n) is 21.5. The Labute approximate surface area is 233 Å². The first-order chi connectivity index (χ1) is 19.1. The van der Waals surface area contributed by atoms with Crippen LogP contribution >= 0.6 is 11.6 Å². The molecular formula is C32H29ClN4O2. The number of aromatic nitrogens is 2. The van der Waals surface area contributed by atoms with E-state index >= 15 is 0 Å². The van der Waals surface area contributed by atoms with Crippen LogP contribution in [-0.4, -0.2) is 21.7 Å². The fourth-order valence-corrected chi connectivity index (χ4v) is 4.94. The van der Waals surface area contributed by atoms with Gasteiger partial charge in [0.25, 0.3) is 5.91 Å². The summed E-state index contributed by atoms with van der Waals surface area (Å²) in [5.74, 6) is 0.312. The Balaban J connectivity index is 1.47. The van der Waals surface area contributed by atoms with E-state index < -0.39 is 0 Å². The maximum absolute atomic E-state index is 13.0. The fourth-order valence-electron chi connectivity index (χ4n) is 4.75. The lowest BCUT2D eigenvalue weighted by molar-refractivity contribution is -0.117. The smallest absolute Gasteiger partial charge is 0.262 e. The van der Waals surface area contributed by atoms with Gasteiger partial charge in [0.15, 0.2) is 0 Å². The second kappa shape index (κ2) is 12.5. The van der Waals surface area contributed by atoms with E-state index in [2.05, 4.69) is 11.4 Å². The number of carbonyl (C=O) groups is 1. The highest BCUT2D eigenvalue weighted by molar-refractivity contribution is 6.31. The maximum Gasteiger partial charge on any atom is 0.262 e. The Bertz CT molecular complexity index is 1510. The van der Waals surface area contributed by atoms with Gasteiger partial charge in [-0.2, -0.15) is 10.4 Å². The first kappa shape index (κ1) is 26.3. The maximum atomic E-state index is 13.0. The minimum absolute atomic E-state index is 0.0561. The molecule has 0 unspecified atom stereocenters. The Morgan fingerprint density at radius 2 is 1.82 bits per heavy atom. The van der Waals surface area contributed by atoms with Gasteiger partial charge in [0.1, 0.15) is 29.7 Å². The van der Waals surface area contributed by atoms with E-state index in [0.717, 1.165) is 42.5 Å². The van der Waals surface area contributed by atoms with E-state index in [4.69, 9.17) is 21.4 Å². The molecule has 3 aromatic carbocycles. The molecule has 5 rings (SSSR count). The summed E-state index contributed by atoms with van der Waals surface area (Å²) in [5, 5.41) is 18.4. The minimum atomic E-state index is -0.348. The lowest BCUT2D eigenvalue weighted by Gasteiger charge is -2.22. The first-order valence-electron chi connectivity index (χ1n) is 13.1. The zero-order valence-corrected chi connectivity index (χ0v) is 22.3. The molecule has 4 aromatic rings. The number of nitrogens with zero attached hydrogens (tertiary/aromatic N) is 3. The van der Waals surface area contributed by atoms with Crippen LogP contribution in [0, 0.1) is 11.3 Å². The summed E-state index contributed by atoms with van der Waals surface area (Å²) in [4.78, 5) is 13.0. The standard InChI is InChI=1S/C32H29ClN4O2/c33-30-17-8-7-10-24(30)22-39-29-16-9-11-23(19-29)31-26(21-37(36-31)28-14-5-2-6-15-28)18-25(20-34)32(38)35-27-12-3-1-4-13-27/h2,5-11,14-19,21,27H,1,3-4,12-13,22H2,(H,35,38). The van der Waals surface area contributed by atoms with Gasteiger partial charge in [-0.3, -0.25) is 4.79 Å². The second-order valence-corrected chi connectivity index (χ2v) is 10.0. The molecule has 6 nitrogen and oxygen atoms in total. The van der Waals surface area contributed by atoms with Crippen LogP contribution in [0.2, 0.25) is 5.02 Å². The summed E-state index contributed by atoms with van der Waals surface area (Å²) >= 11 is 6.29. The van der Waals surface area contributed by atoms with Crippen LogP contribution in [-0.2, 0) is 11.4 Å². The number of rotatable bonds is 8. The van der Waals surface area contributed by atoms with Crippen molar-refractivity contribution >= 4 is 23.6 Å². The average molecular weight is 537 g/mol. The lowest BCUT2D eigenvalue weighted by Crippen LogP contribution is -2.36. The number of carbonyl (C=O) groups excluding carboxylic acids is 1. The number of benzene rings is 3. The molecule has 1 amide bonds. The van der Waals surface area contributed by atoms with Crippen LogP contribution in [0.5, 0.6) is 5.75 Å². The number of nitrogens with one attached hydrogen (secondary N) is 1. The molecule has 1 N–H and O–H groups in total. The molecule has 1 fully saturated rings. The molecule has 7 heteroatoms. The molecule has 1 aromatic heterocycles. The molecule has 1 heterocycles. The molecule has 0 atom stereocenters. The topological polar surface area (TPSA) is 79.9 Å². The summed E-state index contributed by atoms with van der Waals surface area (Å²) in [6.07, 6.45) is 8.74. The van der Waals surface area contributed by atoms with E-state index in [-0.39, 0.29) is 17.5 Å². The van der Waals surface area contributed by atoms with Crippen molar-refractivity contribution in [2.75, 3.05) is 0 Å². The molecule has 0 saturated heterocycles. The largest absolute Gasteiger partial charge is 0.489 e. The zero-order chi connectivity index (χ0) is 27.0. The number of para-hydroxylation sites is 1. The Morgan fingerprint density at radius 3 is 2.59 bits per heavy atom. The third kappa shape index (κ3) is 6.57. The molecular weight excluding hydrogens is 508 g/mol. The Kier molecular flexibility index (Phi) is 8.40. The van der Waals surface area contributed by atoms with Gasteiger partial charge in [-0.1, -0.05) is 79.4 Å². The van der Waals surface area contributed by atoms with E-state index in [0.29, 0.717) is 28.6 Å². The van der Waals surface area contributed by atoms with Crippen LogP contribution in [0.1, 0.15) is 43.2 Å². The Hall–Kier alpha value is -4.34. The summed E-state index contributed by atoms with van der Waals surface area (Å²) in [5.41, 5.74) is 3.93. The van der Waals surface area contributed by atoms with Gasteiger partial charge in [0.05, 0.1) is 5.69 Å². The molecule has 39 heavy (non-hydrogen) atoms. The SMILES string of the molecule is N#CC(=Cc1cn(-c2ccccc2)nc1-c1cccc(OCc2ccccc2Cl)c1)C(=O)NC1CCCCC1. The molecule has 0 spiro atoms. The third-order valence-corrected chi connectivity index (χ3v) is 7.20. The Morgan fingerprint density at radius 1 is 1.05 bits per heavy atom. The van der Waals surface area contributed by atoms with Gasteiger partial charge in [-0.05, 0) is 49.2 Å². The first-order valence-corrected chi connectivity index (χ1v) is 13.5. The molecule has 0 aliphatic heterocycles. The summed E-state index contributed by atoms with van der Waals surface area (Å²) in [6.45, 7) is 0.328. The highest BCUT2D eigenvalue weighted by atomic mass is 35.5. The van der Waals surface area contributed by atoms with E-state index in [1.807, 2.05) is 85.1 Å². The molecule has 196 valence electrons. The van der Waals surface area contributed by atoms with Crippen molar-refractivity contribution < 1.29 is 9.53 Å². The molecule has 1 aliphatic rings. The quantitative estimate of drug-likeness (QED) is 0.192. The van der Waals surface area contributed by atoms with Crippen molar-refractivity contribution in [3.05, 3.63) is 107 Å². The average Bonchev–Trinajstić information content (AvgIpc) is 3.40. The van der Waals surface area contributed by atoms with Crippen molar-refractivity contribution in [3.8, 4) is 28.8 Å². The third-order valence-electron chi connectivity index (χ3n) is 6.83. The van der Waals surface area contributed by atoms with Crippen molar-refractivity contribution in [2.45, 2.75) is 44.8 Å². The van der Waals surface area contributed by atoms with Crippen molar-refractivity contribution in [1.82, 2.24) is 15.1 Å². The predicted molar refractivity (Wildman–Crippen MR) is 153 cm³/mol. The number of halogens is 1. The van der Waals surface area contributed by atoms with Gasteiger partial charge in [-0.15, -0.1) is 0 Å². The van der Waals surface area contributed by atoms with E-state index in [1.54, 1.807) is 10.8 Å². The molecule has 0 radical (unpaired) electrons. The normalized spacial score (nSPS) is 14.0. The van der Waals surface area contributed by atoms with Gasteiger partial charge in [-0.25, -0.2) is 4.68 Å². The van der Waals surface area contributed by atoms with Crippen LogP contribution in [0.4, 0.5) is 0 Å². The molecule has 1 saturated carbocycles. The van der Waals surface area contributed by atoms with Gasteiger partial charge in [0, 0.05) is 34.0 Å². The minimum Gasteiger partial charge on any atom is -0.489 e. The summed E-state index contributed by atoms with van der Waals surface area (Å²) in [7, 11) is 0. The lowest BCUT2D eigenvalue weighted by atomic mass is 9.95. The van der Waals surface area contributed by atoms with Gasteiger partial charge >= 0.3 is 0 Å². The number of hydrogen-bond acceptors (Lipinski definition) is 4. The van der Waals surface area contributed by atoms with Crippen LogP contribution in [0.25, 0.3) is 23.0 Å². The van der Waals surface area contributed by atoms with Gasteiger partial charge in [0.2, 0.25) is 0 Å². The van der Waals surface area contributed by atoms with Crippen molar-refractivity contribution in [3.63, 3.8) is 0 Å². The number of nitriles is 1. The van der Waals surface area contributed by atoms with E-state index in [1.165, 1.54) is 6.42 Å². The van der Waals surface area contributed by atoms with Crippen LogP contribution in [0.3, 0.4) is 0 Å².